The van der Waals surface area contributed by atoms with Gasteiger partial charge in [0.05, 0.1) is 27.7 Å². The van der Waals surface area contributed by atoms with Gasteiger partial charge in [0.1, 0.15) is 0 Å². The number of amides is 2. The van der Waals surface area contributed by atoms with E-state index in [0.29, 0.717) is 0 Å². The molecule has 0 aliphatic rings. The molecule has 0 heterocycles. The first kappa shape index (κ1) is 42.2. The summed E-state index contributed by atoms with van der Waals surface area (Å²) in [5.41, 5.74) is 0. The Hall–Kier alpha value is -0.770. The SMILES string of the molecule is CCCCCCCCCCCCCCCCN(CCCCCCCCCCCCCCCC)C(=O)NCCC[N+](C)(C)C. The van der Waals surface area contributed by atoms with Crippen LogP contribution in [0.2, 0.25) is 0 Å². The Labute approximate surface area is 272 Å². The van der Waals surface area contributed by atoms with Crippen LogP contribution in [-0.2, 0) is 0 Å². The number of carbonyl (C=O) groups excluding carboxylic acids is 1. The Morgan fingerprint density at radius 1 is 0.442 bits per heavy atom. The van der Waals surface area contributed by atoms with Gasteiger partial charge in [0.2, 0.25) is 0 Å². The Morgan fingerprint density at radius 3 is 1.00 bits per heavy atom. The fraction of sp³-hybridized carbons (Fsp3) is 0.974. The minimum Gasteiger partial charge on any atom is -0.338 e. The highest BCUT2D eigenvalue weighted by Crippen LogP contribution is 2.15. The van der Waals surface area contributed by atoms with Gasteiger partial charge >= 0.3 is 6.03 Å². The van der Waals surface area contributed by atoms with E-state index in [-0.39, 0.29) is 6.03 Å². The number of unbranched alkanes of at least 4 members (excludes halogenated alkanes) is 26. The smallest absolute Gasteiger partial charge is 0.317 e. The van der Waals surface area contributed by atoms with Gasteiger partial charge in [-0.1, -0.05) is 181 Å². The summed E-state index contributed by atoms with van der Waals surface area (Å²) < 4.78 is 0.956. The first-order valence-electron chi connectivity index (χ1n) is 19.7. The number of urea groups is 1. The van der Waals surface area contributed by atoms with Gasteiger partial charge in [-0.05, 0) is 12.8 Å². The van der Waals surface area contributed by atoms with Crippen LogP contribution in [0.25, 0.3) is 0 Å². The molecule has 0 saturated carbocycles. The van der Waals surface area contributed by atoms with E-state index in [2.05, 4.69) is 45.2 Å². The van der Waals surface area contributed by atoms with Crippen LogP contribution < -0.4 is 5.32 Å². The molecule has 2 amide bonds. The monoisotopic (exact) mass is 609 g/mol. The van der Waals surface area contributed by atoms with Gasteiger partial charge < -0.3 is 14.7 Å². The molecule has 4 nitrogen and oxygen atoms in total. The van der Waals surface area contributed by atoms with E-state index < -0.39 is 0 Å². The first-order chi connectivity index (χ1) is 20.9. The molecule has 4 heteroatoms. The molecule has 0 aromatic heterocycles. The summed E-state index contributed by atoms with van der Waals surface area (Å²) >= 11 is 0. The van der Waals surface area contributed by atoms with E-state index in [1.807, 2.05) is 0 Å². The number of hydrogen-bond donors (Lipinski definition) is 1. The van der Waals surface area contributed by atoms with E-state index >= 15 is 0 Å². The first-order valence-corrected chi connectivity index (χ1v) is 19.7. The largest absolute Gasteiger partial charge is 0.338 e. The lowest BCUT2D eigenvalue weighted by atomic mass is 10.0. The quantitative estimate of drug-likeness (QED) is 0.0572. The summed E-state index contributed by atoms with van der Waals surface area (Å²) in [6.45, 7) is 8.34. The highest BCUT2D eigenvalue weighted by molar-refractivity contribution is 5.74. The lowest BCUT2D eigenvalue weighted by Crippen LogP contribution is -2.43. The minimum atomic E-state index is 0.172. The van der Waals surface area contributed by atoms with Crippen molar-refractivity contribution < 1.29 is 9.28 Å². The second kappa shape index (κ2) is 32.6. The van der Waals surface area contributed by atoms with Crippen LogP contribution >= 0.6 is 0 Å². The standard InChI is InChI=1S/C39H81N3O/c1-6-8-10-12-14-16-18-20-22-24-26-28-30-32-36-41(39(43)40-35-34-38-42(3,4)5)37-33-31-29-27-25-23-21-19-17-15-13-11-9-7-2/h6-38H2,1-5H3/p+1. The van der Waals surface area contributed by atoms with Crippen molar-refractivity contribution in [2.75, 3.05) is 47.3 Å². The van der Waals surface area contributed by atoms with Crippen LogP contribution in [-0.4, -0.2) is 62.7 Å². The van der Waals surface area contributed by atoms with E-state index in [9.17, 15) is 4.79 Å². The minimum absolute atomic E-state index is 0.172. The molecule has 0 aromatic carbocycles. The van der Waals surface area contributed by atoms with Gasteiger partial charge in [0.15, 0.2) is 0 Å². The summed E-state index contributed by atoms with van der Waals surface area (Å²) in [7, 11) is 6.66. The highest BCUT2D eigenvalue weighted by atomic mass is 16.2. The highest BCUT2D eigenvalue weighted by Gasteiger charge is 2.13. The predicted octanol–water partition coefficient (Wildman–Crippen LogP) is 12.1. The molecule has 0 atom stereocenters. The Morgan fingerprint density at radius 2 is 0.721 bits per heavy atom. The molecular weight excluding hydrogens is 526 g/mol. The molecule has 0 unspecified atom stereocenters. The molecule has 43 heavy (non-hydrogen) atoms. The van der Waals surface area contributed by atoms with Crippen molar-refractivity contribution >= 4 is 6.03 Å². The van der Waals surface area contributed by atoms with E-state index in [1.54, 1.807) is 0 Å². The van der Waals surface area contributed by atoms with Crippen LogP contribution in [0.3, 0.4) is 0 Å². The van der Waals surface area contributed by atoms with Gasteiger partial charge in [0, 0.05) is 26.1 Å². The Balaban J connectivity index is 3.98. The lowest BCUT2D eigenvalue weighted by Gasteiger charge is -2.25. The normalized spacial score (nSPS) is 11.7. The molecule has 0 bridgehead atoms. The molecule has 0 rings (SSSR count). The molecule has 0 spiro atoms. The number of carbonyl (C=O) groups is 1. The van der Waals surface area contributed by atoms with Crippen molar-refractivity contribution in [2.24, 2.45) is 0 Å². The topological polar surface area (TPSA) is 32.3 Å². The third kappa shape index (κ3) is 34.0. The molecule has 0 aromatic rings. The van der Waals surface area contributed by atoms with Gasteiger partial charge in [-0.15, -0.1) is 0 Å². The van der Waals surface area contributed by atoms with Gasteiger partial charge in [0.25, 0.3) is 0 Å². The van der Waals surface area contributed by atoms with Crippen molar-refractivity contribution in [2.45, 2.75) is 200 Å². The molecule has 258 valence electrons. The second-order valence-electron chi connectivity index (χ2n) is 14.8. The summed E-state index contributed by atoms with van der Waals surface area (Å²) in [6, 6.07) is 0.172. The number of rotatable bonds is 34. The maximum absolute atomic E-state index is 13.0. The maximum atomic E-state index is 13.0. The van der Waals surface area contributed by atoms with Crippen LogP contribution in [0.1, 0.15) is 200 Å². The average molecular weight is 609 g/mol. The average Bonchev–Trinajstić information content (AvgIpc) is 2.98. The summed E-state index contributed by atoms with van der Waals surface area (Å²) in [4.78, 5) is 15.1. The second-order valence-corrected chi connectivity index (χ2v) is 14.8. The van der Waals surface area contributed by atoms with E-state index in [4.69, 9.17) is 0 Å². The predicted molar refractivity (Wildman–Crippen MR) is 193 cm³/mol. The van der Waals surface area contributed by atoms with Gasteiger partial charge in [-0.25, -0.2) is 4.79 Å². The van der Waals surface area contributed by atoms with Crippen molar-refractivity contribution in [3.63, 3.8) is 0 Å². The number of nitrogens with one attached hydrogen (secondary N) is 1. The van der Waals surface area contributed by atoms with Crippen LogP contribution in [0.4, 0.5) is 4.79 Å². The number of quaternary nitrogens is 1. The molecule has 1 N–H and O–H groups in total. The van der Waals surface area contributed by atoms with Crippen LogP contribution in [0, 0.1) is 0 Å². The summed E-state index contributed by atoms with van der Waals surface area (Å²) in [5.74, 6) is 0. The lowest BCUT2D eigenvalue weighted by molar-refractivity contribution is -0.870. The van der Waals surface area contributed by atoms with E-state index in [0.717, 1.165) is 49.9 Å². The third-order valence-corrected chi connectivity index (χ3v) is 9.13. The Kier molecular flexibility index (Phi) is 32.0. The number of nitrogens with zero attached hydrogens (tertiary/aromatic N) is 2. The zero-order chi connectivity index (χ0) is 31.7. The molecule has 0 aliphatic heterocycles. The fourth-order valence-electron chi connectivity index (χ4n) is 6.17. The van der Waals surface area contributed by atoms with Gasteiger partial charge in [-0.2, -0.15) is 0 Å². The molecular formula is C39H82N3O+. The summed E-state index contributed by atoms with van der Waals surface area (Å²) in [6.07, 6.45) is 39.7. The van der Waals surface area contributed by atoms with E-state index in [1.165, 1.54) is 167 Å². The number of hydrogen-bond acceptors (Lipinski definition) is 1. The molecule has 0 fully saturated rings. The van der Waals surface area contributed by atoms with Crippen molar-refractivity contribution in [3.05, 3.63) is 0 Å². The van der Waals surface area contributed by atoms with Crippen LogP contribution in [0.5, 0.6) is 0 Å². The fourth-order valence-corrected chi connectivity index (χ4v) is 6.17. The zero-order valence-corrected chi connectivity index (χ0v) is 30.6. The van der Waals surface area contributed by atoms with Gasteiger partial charge in [-0.3, -0.25) is 0 Å². The summed E-state index contributed by atoms with van der Waals surface area (Å²) in [5, 5.41) is 3.23. The third-order valence-electron chi connectivity index (χ3n) is 9.13. The van der Waals surface area contributed by atoms with Crippen molar-refractivity contribution in [3.8, 4) is 0 Å². The van der Waals surface area contributed by atoms with Crippen LogP contribution in [0.15, 0.2) is 0 Å². The Bertz CT molecular complexity index is 527. The van der Waals surface area contributed by atoms with Crippen molar-refractivity contribution in [1.29, 1.82) is 0 Å². The van der Waals surface area contributed by atoms with Crippen molar-refractivity contribution in [1.82, 2.24) is 10.2 Å². The zero-order valence-electron chi connectivity index (χ0n) is 30.6. The molecule has 0 aliphatic carbocycles. The maximum Gasteiger partial charge on any atom is 0.317 e. The molecule has 0 saturated heterocycles. The molecule has 0 radical (unpaired) electrons.